The molecule has 0 aliphatic carbocycles. The number of nitrogens with zero attached hydrogens (tertiary/aromatic N) is 1. The molecule has 0 fully saturated rings. The Hall–Kier alpha value is -0.790. The number of benzene rings is 1. The first-order chi connectivity index (χ1) is 11.2. The van der Waals surface area contributed by atoms with Crippen molar-refractivity contribution in [3.8, 4) is 0 Å². The first-order valence-corrected chi connectivity index (χ1v) is 9.72. The minimum absolute atomic E-state index is 0. The lowest BCUT2D eigenvalue weighted by Crippen LogP contribution is -3.00. The van der Waals surface area contributed by atoms with E-state index >= 15 is 0 Å². The molecule has 1 unspecified atom stereocenters. The summed E-state index contributed by atoms with van der Waals surface area (Å²) in [6, 6.07) is 10.8. The van der Waals surface area contributed by atoms with Crippen LogP contribution in [0.3, 0.4) is 0 Å². The van der Waals surface area contributed by atoms with E-state index in [1.54, 1.807) is 0 Å². The van der Waals surface area contributed by atoms with Gasteiger partial charge in [-0.05, 0) is 19.4 Å². The SMILES string of the molecule is C=C[N+](C)(CCCCCCCCCCCC)Cc1ccccc1.[Cl-]. The largest absolute Gasteiger partial charge is 1.00 e. The van der Waals surface area contributed by atoms with Crippen LogP contribution in [0.15, 0.2) is 43.1 Å². The molecule has 0 saturated carbocycles. The molecule has 2 heteroatoms. The van der Waals surface area contributed by atoms with Crippen molar-refractivity contribution in [1.29, 1.82) is 0 Å². The third-order valence-corrected chi connectivity index (χ3v) is 4.85. The van der Waals surface area contributed by atoms with E-state index in [-0.39, 0.29) is 12.4 Å². The average Bonchev–Trinajstić information content (AvgIpc) is 2.57. The Morgan fingerprint density at radius 1 is 0.833 bits per heavy atom. The summed E-state index contributed by atoms with van der Waals surface area (Å²) in [6.45, 7) is 8.61. The molecule has 1 rings (SSSR count). The molecule has 1 atom stereocenters. The predicted molar refractivity (Wildman–Crippen MR) is 103 cm³/mol. The molecule has 0 bridgehead atoms. The highest BCUT2D eigenvalue weighted by atomic mass is 35.5. The van der Waals surface area contributed by atoms with Crippen LogP contribution in [0, 0.1) is 0 Å². The number of rotatable bonds is 14. The van der Waals surface area contributed by atoms with E-state index in [1.165, 1.54) is 76.3 Å². The van der Waals surface area contributed by atoms with Crippen molar-refractivity contribution in [3.05, 3.63) is 48.7 Å². The van der Waals surface area contributed by atoms with Gasteiger partial charge in [-0.3, -0.25) is 4.48 Å². The van der Waals surface area contributed by atoms with E-state index in [0.717, 1.165) is 11.0 Å². The summed E-state index contributed by atoms with van der Waals surface area (Å²) in [7, 11) is 2.30. The van der Waals surface area contributed by atoms with Gasteiger partial charge in [0.15, 0.2) is 0 Å². The zero-order valence-electron chi connectivity index (χ0n) is 16.0. The highest BCUT2D eigenvalue weighted by molar-refractivity contribution is 5.13. The molecular weight excluding hydrogens is 314 g/mol. The summed E-state index contributed by atoms with van der Waals surface area (Å²) >= 11 is 0. The van der Waals surface area contributed by atoms with Crippen LogP contribution in [0.2, 0.25) is 0 Å². The van der Waals surface area contributed by atoms with E-state index in [9.17, 15) is 0 Å². The average molecular weight is 352 g/mol. The molecule has 0 aliphatic heterocycles. The lowest BCUT2D eigenvalue weighted by Gasteiger charge is -2.30. The Morgan fingerprint density at radius 3 is 1.83 bits per heavy atom. The van der Waals surface area contributed by atoms with Crippen molar-refractivity contribution in [1.82, 2.24) is 0 Å². The monoisotopic (exact) mass is 351 g/mol. The quantitative estimate of drug-likeness (QED) is 0.354. The van der Waals surface area contributed by atoms with E-state index in [4.69, 9.17) is 0 Å². The Morgan fingerprint density at radius 2 is 1.33 bits per heavy atom. The van der Waals surface area contributed by atoms with Gasteiger partial charge in [0.05, 0.1) is 19.8 Å². The lowest BCUT2D eigenvalue weighted by atomic mass is 10.1. The molecule has 0 spiro atoms. The molecule has 0 heterocycles. The Balaban J connectivity index is 0.00000529. The normalized spacial score (nSPS) is 13.1. The summed E-state index contributed by atoms with van der Waals surface area (Å²) in [6.07, 6.45) is 16.1. The highest BCUT2D eigenvalue weighted by Crippen LogP contribution is 2.16. The zero-order chi connectivity index (χ0) is 16.8. The summed E-state index contributed by atoms with van der Waals surface area (Å²) in [5.74, 6) is 0. The molecule has 0 radical (unpaired) electrons. The maximum atomic E-state index is 4.07. The number of hydrogen-bond donors (Lipinski definition) is 0. The minimum atomic E-state index is 0. The van der Waals surface area contributed by atoms with Gasteiger partial charge in [0.25, 0.3) is 0 Å². The Kier molecular flexibility index (Phi) is 14.1. The molecule has 1 aromatic carbocycles. The molecule has 138 valence electrons. The second kappa shape index (κ2) is 14.5. The second-order valence-electron chi connectivity index (χ2n) is 7.21. The fraction of sp³-hybridized carbons (Fsp3) is 0.636. The molecule has 0 aliphatic rings. The van der Waals surface area contributed by atoms with Gasteiger partial charge in [0.2, 0.25) is 0 Å². The van der Waals surface area contributed by atoms with Gasteiger partial charge in [-0.25, -0.2) is 0 Å². The van der Waals surface area contributed by atoms with Crippen molar-refractivity contribution in [3.63, 3.8) is 0 Å². The third-order valence-electron chi connectivity index (χ3n) is 4.85. The Bertz CT molecular complexity index is 404. The fourth-order valence-electron chi connectivity index (χ4n) is 3.20. The smallest absolute Gasteiger partial charge is 0.108 e. The lowest BCUT2D eigenvalue weighted by molar-refractivity contribution is -0.873. The van der Waals surface area contributed by atoms with Gasteiger partial charge in [-0.1, -0.05) is 88.6 Å². The maximum Gasteiger partial charge on any atom is 0.108 e. The van der Waals surface area contributed by atoms with Gasteiger partial charge in [-0.2, -0.15) is 0 Å². The third kappa shape index (κ3) is 10.9. The van der Waals surface area contributed by atoms with Crippen molar-refractivity contribution < 1.29 is 16.9 Å². The molecular formula is C22H38ClN. The number of quaternary nitrogens is 1. The van der Waals surface area contributed by atoms with Crippen molar-refractivity contribution >= 4 is 0 Å². The van der Waals surface area contributed by atoms with E-state index < -0.39 is 0 Å². The molecule has 0 amide bonds. The second-order valence-corrected chi connectivity index (χ2v) is 7.21. The Labute approximate surface area is 157 Å². The van der Waals surface area contributed by atoms with Crippen LogP contribution >= 0.6 is 0 Å². The van der Waals surface area contributed by atoms with Gasteiger partial charge < -0.3 is 12.4 Å². The van der Waals surface area contributed by atoms with Crippen LogP contribution < -0.4 is 12.4 Å². The molecule has 0 N–H and O–H groups in total. The van der Waals surface area contributed by atoms with Crippen LogP contribution in [0.4, 0.5) is 0 Å². The number of hydrogen-bond acceptors (Lipinski definition) is 0. The first kappa shape index (κ1) is 23.2. The van der Waals surface area contributed by atoms with Crippen LogP contribution in [-0.4, -0.2) is 18.1 Å². The fourth-order valence-corrected chi connectivity index (χ4v) is 3.20. The zero-order valence-corrected chi connectivity index (χ0v) is 16.7. The van der Waals surface area contributed by atoms with Crippen molar-refractivity contribution in [2.45, 2.75) is 77.7 Å². The van der Waals surface area contributed by atoms with Gasteiger partial charge in [0.1, 0.15) is 6.54 Å². The van der Waals surface area contributed by atoms with Crippen molar-refractivity contribution in [2.75, 3.05) is 13.6 Å². The summed E-state index contributed by atoms with van der Waals surface area (Å²) < 4.78 is 0.945. The predicted octanol–water partition coefficient (Wildman–Crippen LogP) is 3.70. The molecule has 1 nitrogen and oxygen atoms in total. The molecule has 24 heavy (non-hydrogen) atoms. The van der Waals surface area contributed by atoms with E-state index in [1.807, 2.05) is 0 Å². The standard InChI is InChI=1S/C22H38N.ClH/c1-4-6-7-8-9-10-11-12-13-17-20-23(3,5-2)21-22-18-15-14-16-19-22;/h5,14-16,18-19H,2,4,6-13,17,20-21H2,1,3H3;1H/q+1;/p-1. The van der Waals surface area contributed by atoms with Gasteiger partial charge in [-0.15, -0.1) is 0 Å². The molecule has 1 aromatic rings. The van der Waals surface area contributed by atoms with Gasteiger partial charge >= 0.3 is 0 Å². The summed E-state index contributed by atoms with van der Waals surface area (Å²) in [4.78, 5) is 0. The van der Waals surface area contributed by atoms with Gasteiger partial charge in [0, 0.05) is 5.56 Å². The van der Waals surface area contributed by atoms with Crippen LogP contribution in [0.1, 0.15) is 76.7 Å². The topological polar surface area (TPSA) is 0 Å². The number of unbranched alkanes of at least 4 members (excludes halogenated alkanes) is 9. The highest BCUT2D eigenvalue weighted by Gasteiger charge is 2.17. The van der Waals surface area contributed by atoms with E-state index in [0.29, 0.717) is 0 Å². The first-order valence-electron chi connectivity index (χ1n) is 9.72. The van der Waals surface area contributed by atoms with Crippen molar-refractivity contribution in [2.24, 2.45) is 0 Å². The summed E-state index contributed by atoms with van der Waals surface area (Å²) in [5, 5.41) is 0. The molecule has 0 saturated heterocycles. The number of halogens is 1. The van der Waals surface area contributed by atoms with E-state index in [2.05, 4.69) is 57.1 Å². The van der Waals surface area contributed by atoms with Crippen LogP contribution in [-0.2, 0) is 6.54 Å². The maximum absolute atomic E-state index is 4.07. The summed E-state index contributed by atoms with van der Waals surface area (Å²) in [5.41, 5.74) is 1.40. The van der Waals surface area contributed by atoms with Crippen LogP contribution in [0.5, 0.6) is 0 Å². The molecule has 0 aromatic heterocycles. The minimum Gasteiger partial charge on any atom is -1.00 e. The van der Waals surface area contributed by atoms with Crippen LogP contribution in [0.25, 0.3) is 0 Å².